The smallest absolute Gasteiger partial charge is 0.381 e. The molecule has 0 aliphatic rings. The molecule has 5 nitrogen and oxygen atoms in total. The van der Waals surface area contributed by atoms with Crippen LogP contribution in [0.4, 0.5) is 23.2 Å². The van der Waals surface area contributed by atoms with Gasteiger partial charge in [-0.1, -0.05) is 18.2 Å². The Labute approximate surface area is 191 Å². The first-order chi connectivity index (χ1) is 16.3. The average Bonchev–Trinajstić information content (AvgIpc) is 3.25. The third-order valence-electron chi connectivity index (χ3n) is 5.80. The van der Waals surface area contributed by atoms with Crippen LogP contribution in [-0.2, 0) is 5.60 Å². The normalized spacial score (nSPS) is 13.8. The highest BCUT2D eigenvalue weighted by atomic mass is 19.4. The SMILES string of the molecule is OC(CNc1cccc2cnccc12)(c1ccc2c(cnn2-c2ccc(F)cc2)c1)C(F)(F)F. The Hall–Kier alpha value is -3.98. The average molecular weight is 466 g/mol. The zero-order valence-corrected chi connectivity index (χ0v) is 17.6. The van der Waals surface area contributed by atoms with Crippen LogP contribution in [-0.4, -0.2) is 32.6 Å². The van der Waals surface area contributed by atoms with Gasteiger partial charge in [-0.25, -0.2) is 9.07 Å². The van der Waals surface area contributed by atoms with Gasteiger partial charge in [-0.3, -0.25) is 4.98 Å². The maximum atomic E-state index is 14.2. The fraction of sp³-hybridized carbons (Fsp3) is 0.120. The highest BCUT2D eigenvalue weighted by Gasteiger charge is 2.55. The second-order valence-electron chi connectivity index (χ2n) is 7.92. The van der Waals surface area contributed by atoms with Gasteiger partial charge in [0, 0.05) is 34.2 Å². The maximum Gasteiger partial charge on any atom is 0.423 e. The minimum absolute atomic E-state index is 0.319. The first kappa shape index (κ1) is 21.8. The lowest BCUT2D eigenvalue weighted by atomic mass is 9.91. The molecular weight excluding hydrogens is 448 g/mol. The van der Waals surface area contributed by atoms with E-state index in [0.717, 1.165) is 5.39 Å². The minimum atomic E-state index is -4.95. The Balaban J connectivity index is 1.51. The van der Waals surface area contributed by atoms with Crippen molar-refractivity contribution in [2.45, 2.75) is 11.8 Å². The summed E-state index contributed by atoms with van der Waals surface area (Å²) >= 11 is 0. The second kappa shape index (κ2) is 8.11. The number of hydrogen-bond donors (Lipinski definition) is 2. The molecule has 34 heavy (non-hydrogen) atoms. The molecule has 0 aliphatic carbocycles. The summed E-state index contributed by atoms with van der Waals surface area (Å²) in [7, 11) is 0. The first-order valence-electron chi connectivity index (χ1n) is 10.4. The summed E-state index contributed by atoms with van der Waals surface area (Å²) in [5.74, 6) is -0.410. The lowest BCUT2D eigenvalue weighted by Gasteiger charge is -2.31. The van der Waals surface area contributed by atoms with Crippen molar-refractivity contribution in [1.29, 1.82) is 0 Å². The van der Waals surface area contributed by atoms with Crippen LogP contribution in [0, 0.1) is 5.82 Å². The van der Waals surface area contributed by atoms with Crippen LogP contribution >= 0.6 is 0 Å². The molecule has 2 heterocycles. The van der Waals surface area contributed by atoms with Crippen molar-refractivity contribution in [1.82, 2.24) is 14.8 Å². The van der Waals surface area contributed by atoms with Crippen molar-refractivity contribution in [2.24, 2.45) is 0 Å². The Kier molecular flexibility index (Phi) is 5.21. The van der Waals surface area contributed by atoms with E-state index in [2.05, 4.69) is 15.4 Å². The van der Waals surface area contributed by atoms with E-state index < -0.39 is 24.1 Å². The molecule has 0 spiro atoms. The van der Waals surface area contributed by atoms with E-state index in [4.69, 9.17) is 0 Å². The van der Waals surface area contributed by atoms with Gasteiger partial charge < -0.3 is 10.4 Å². The molecule has 0 aliphatic heterocycles. The molecule has 1 unspecified atom stereocenters. The van der Waals surface area contributed by atoms with Crippen LogP contribution in [0.25, 0.3) is 27.4 Å². The molecule has 172 valence electrons. The van der Waals surface area contributed by atoms with E-state index in [1.807, 2.05) is 0 Å². The Bertz CT molecular complexity index is 1480. The van der Waals surface area contributed by atoms with Gasteiger partial charge in [0.15, 0.2) is 0 Å². The predicted octanol–water partition coefficient (Wildman–Crippen LogP) is 5.57. The molecule has 3 aromatic carbocycles. The number of aromatic nitrogens is 3. The zero-order valence-electron chi connectivity index (χ0n) is 17.6. The highest BCUT2D eigenvalue weighted by Crippen LogP contribution is 2.40. The number of pyridine rings is 1. The summed E-state index contributed by atoms with van der Waals surface area (Å²) in [6, 6.07) is 16.4. The molecule has 0 saturated carbocycles. The van der Waals surface area contributed by atoms with E-state index in [0.29, 0.717) is 27.7 Å². The molecule has 0 radical (unpaired) electrons. The minimum Gasteiger partial charge on any atom is -0.381 e. The summed E-state index contributed by atoms with van der Waals surface area (Å²) in [5.41, 5.74) is -1.95. The van der Waals surface area contributed by atoms with Gasteiger partial charge in [0.1, 0.15) is 5.82 Å². The van der Waals surface area contributed by atoms with Crippen molar-refractivity contribution in [3.8, 4) is 5.69 Å². The van der Waals surface area contributed by atoms with E-state index >= 15 is 0 Å². The third-order valence-corrected chi connectivity index (χ3v) is 5.80. The van der Waals surface area contributed by atoms with Crippen molar-refractivity contribution < 1.29 is 22.7 Å². The molecular formula is C25H18F4N4O. The van der Waals surface area contributed by atoms with Crippen LogP contribution in [0.3, 0.4) is 0 Å². The molecule has 0 fully saturated rings. The Morgan fingerprint density at radius 3 is 2.47 bits per heavy atom. The van der Waals surface area contributed by atoms with E-state index in [1.54, 1.807) is 36.7 Å². The number of aliphatic hydroxyl groups is 1. The van der Waals surface area contributed by atoms with Crippen LogP contribution in [0.5, 0.6) is 0 Å². The van der Waals surface area contributed by atoms with Crippen LogP contribution < -0.4 is 5.32 Å². The number of nitrogens with zero attached hydrogens (tertiary/aromatic N) is 3. The standard InChI is InChI=1S/C25H18F4N4O/c26-19-5-7-20(8-6-19)33-23-9-4-18(12-17(23)14-32-33)24(34,25(27,28)29)15-31-22-3-1-2-16-13-30-11-10-21(16)22/h1-14,31,34H,15H2. The number of nitrogens with one attached hydrogen (secondary N) is 1. The summed E-state index contributed by atoms with van der Waals surface area (Å²) in [6.07, 6.45) is -0.379. The molecule has 9 heteroatoms. The van der Waals surface area contributed by atoms with Gasteiger partial charge in [-0.15, -0.1) is 0 Å². The van der Waals surface area contributed by atoms with Gasteiger partial charge >= 0.3 is 6.18 Å². The fourth-order valence-corrected chi connectivity index (χ4v) is 3.94. The number of rotatable bonds is 5. The molecule has 2 N–H and O–H groups in total. The van der Waals surface area contributed by atoms with E-state index in [1.165, 1.54) is 53.3 Å². The largest absolute Gasteiger partial charge is 0.423 e. The van der Waals surface area contributed by atoms with Crippen molar-refractivity contribution in [2.75, 3.05) is 11.9 Å². The predicted molar refractivity (Wildman–Crippen MR) is 121 cm³/mol. The Morgan fingerprint density at radius 1 is 0.912 bits per heavy atom. The van der Waals surface area contributed by atoms with Crippen LogP contribution in [0.15, 0.2) is 85.3 Å². The first-order valence-corrected chi connectivity index (χ1v) is 10.4. The van der Waals surface area contributed by atoms with Gasteiger partial charge in [0.25, 0.3) is 0 Å². The number of benzene rings is 3. The lowest BCUT2D eigenvalue weighted by Crippen LogP contribution is -2.47. The van der Waals surface area contributed by atoms with Crippen LogP contribution in [0.2, 0.25) is 0 Å². The molecule has 1 atom stereocenters. The van der Waals surface area contributed by atoms with Gasteiger partial charge in [-0.2, -0.15) is 18.3 Å². The number of alkyl halides is 3. The van der Waals surface area contributed by atoms with Crippen LogP contribution in [0.1, 0.15) is 5.56 Å². The summed E-state index contributed by atoms with van der Waals surface area (Å²) in [5, 5.41) is 19.7. The topological polar surface area (TPSA) is 63.0 Å². The van der Waals surface area contributed by atoms with Crippen molar-refractivity contribution in [3.63, 3.8) is 0 Å². The highest BCUT2D eigenvalue weighted by molar-refractivity contribution is 5.93. The number of hydrogen-bond acceptors (Lipinski definition) is 4. The lowest BCUT2D eigenvalue weighted by molar-refractivity contribution is -0.260. The van der Waals surface area contributed by atoms with Crippen molar-refractivity contribution >= 4 is 27.4 Å². The van der Waals surface area contributed by atoms with Gasteiger partial charge in [0.05, 0.1) is 23.9 Å². The quantitative estimate of drug-likeness (QED) is 0.332. The third kappa shape index (κ3) is 3.73. The molecule has 0 saturated heterocycles. The summed E-state index contributed by atoms with van der Waals surface area (Å²) in [6.45, 7) is -0.796. The van der Waals surface area contributed by atoms with E-state index in [9.17, 15) is 22.7 Å². The number of fused-ring (bicyclic) bond motifs is 2. The zero-order chi connectivity index (χ0) is 23.9. The van der Waals surface area contributed by atoms with E-state index in [-0.39, 0.29) is 5.56 Å². The summed E-state index contributed by atoms with van der Waals surface area (Å²) < 4.78 is 57.2. The molecule has 5 aromatic rings. The number of anilines is 1. The number of halogens is 4. The second-order valence-corrected chi connectivity index (χ2v) is 7.92. The molecule has 2 aromatic heterocycles. The van der Waals surface area contributed by atoms with Gasteiger partial charge in [-0.05, 0) is 54.1 Å². The fourth-order valence-electron chi connectivity index (χ4n) is 3.94. The van der Waals surface area contributed by atoms with Gasteiger partial charge in [0.2, 0.25) is 5.60 Å². The molecule has 0 bridgehead atoms. The Morgan fingerprint density at radius 2 is 1.71 bits per heavy atom. The van der Waals surface area contributed by atoms with Crippen molar-refractivity contribution in [3.05, 3.63) is 96.7 Å². The molecule has 5 rings (SSSR count). The maximum absolute atomic E-state index is 14.2. The molecule has 0 amide bonds. The monoisotopic (exact) mass is 466 g/mol. The summed E-state index contributed by atoms with van der Waals surface area (Å²) in [4.78, 5) is 4.02.